The lowest BCUT2D eigenvalue weighted by Gasteiger charge is -2.36. The van der Waals surface area contributed by atoms with Crippen LogP contribution >= 0.6 is 28.1 Å². The SMILES string of the molecule is CCCCCCOc1ccc(C(=O)NC(=S)N2CCNC(=O)C2CC(=O)OCc2ccccc2)cc1Br. The summed E-state index contributed by atoms with van der Waals surface area (Å²) in [5.41, 5.74) is 1.23. The van der Waals surface area contributed by atoms with Crippen molar-refractivity contribution in [3.63, 3.8) is 0 Å². The first-order valence-corrected chi connectivity index (χ1v) is 13.6. The van der Waals surface area contributed by atoms with Gasteiger partial charge in [0.25, 0.3) is 5.91 Å². The molecule has 0 aromatic heterocycles. The van der Waals surface area contributed by atoms with E-state index in [1.54, 1.807) is 23.1 Å². The molecule has 1 atom stereocenters. The van der Waals surface area contributed by atoms with Crippen LogP contribution in [0.15, 0.2) is 53.0 Å². The molecule has 2 aromatic rings. The molecule has 1 aliphatic heterocycles. The van der Waals surface area contributed by atoms with E-state index in [1.165, 1.54) is 6.42 Å². The van der Waals surface area contributed by atoms with Crippen LogP contribution in [0.2, 0.25) is 0 Å². The molecule has 0 saturated carbocycles. The minimum absolute atomic E-state index is 0.0769. The number of ether oxygens (including phenoxy) is 2. The van der Waals surface area contributed by atoms with E-state index in [2.05, 4.69) is 33.5 Å². The van der Waals surface area contributed by atoms with Crippen LogP contribution in [-0.2, 0) is 20.9 Å². The van der Waals surface area contributed by atoms with Crippen molar-refractivity contribution in [3.8, 4) is 5.75 Å². The summed E-state index contributed by atoms with van der Waals surface area (Å²) in [4.78, 5) is 39.4. The maximum absolute atomic E-state index is 12.9. The Hall–Kier alpha value is -2.98. The van der Waals surface area contributed by atoms with Gasteiger partial charge in [-0.3, -0.25) is 19.7 Å². The number of thiocarbonyl (C=S) groups is 1. The van der Waals surface area contributed by atoms with Crippen molar-refractivity contribution < 1.29 is 23.9 Å². The minimum Gasteiger partial charge on any atom is -0.492 e. The van der Waals surface area contributed by atoms with Gasteiger partial charge in [-0.05, 0) is 58.3 Å². The van der Waals surface area contributed by atoms with Crippen molar-refractivity contribution in [2.75, 3.05) is 19.7 Å². The third-order valence-corrected chi connectivity index (χ3v) is 6.82. The highest BCUT2D eigenvalue weighted by atomic mass is 79.9. The Morgan fingerprint density at radius 2 is 1.95 bits per heavy atom. The van der Waals surface area contributed by atoms with Gasteiger partial charge < -0.3 is 19.7 Å². The standard InChI is InChI=1S/C27H32BrN3O5S/c1-2-3-4-8-15-35-23-12-11-20(16-21(23)28)25(33)30-27(37)31-14-13-29-26(34)22(31)17-24(32)36-18-19-9-6-5-7-10-19/h5-7,9-12,16,22H,2-4,8,13-15,17-18H2,1H3,(H,29,34)(H,30,33,37). The van der Waals surface area contributed by atoms with Gasteiger partial charge in [-0.2, -0.15) is 0 Å². The topological polar surface area (TPSA) is 97.0 Å². The molecular formula is C27H32BrN3O5S. The number of piperazine rings is 1. The summed E-state index contributed by atoms with van der Waals surface area (Å²) in [7, 11) is 0. The molecule has 3 rings (SSSR count). The predicted molar refractivity (Wildman–Crippen MR) is 148 cm³/mol. The normalized spacial score (nSPS) is 15.0. The van der Waals surface area contributed by atoms with Crippen molar-refractivity contribution in [3.05, 3.63) is 64.1 Å². The highest BCUT2D eigenvalue weighted by Crippen LogP contribution is 2.26. The Bertz CT molecular complexity index is 1100. The molecule has 8 nitrogen and oxygen atoms in total. The molecule has 1 heterocycles. The van der Waals surface area contributed by atoms with E-state index in [1.807, 2.05) is 30.3 Å². The van der Waals surface area contributed by atoms with E-state index in [0.717, 1.165) is 24.8 Å². The molecule has 0 aliphatic carbocycles. The highest BCUT2D eigenvalue weighted by Gasteiger charge is 2.34. The summed E-state index contributed by atoms with van der Waals surface area (Å²) in [5, 5.41) is 5.50. The zero-order chi connectivity index (χ0) is 26.6. The molecule has 1 unspecified atom stereocenters. The van der Waals surface area contributed by atoms with Gasteiger partial charge in [-0.15, -0.1) is 0 Å². The second-order valence-corrected chi connectivity index (χ2v) is 9.91. The van der Waals surface area contributed by atoms with Crippen LogP contribution in [0.1, 0.15) is 54.9 Å². The van der Waals surface area contributed by atoms with E-state index >= 15 is 0 Å². The molecule has 1 aliphatic rings. The van der Waals surface area contributed by atoms with Crippen LogP contribution in [0.4, 0.5) is 0 Å². The number of rotatable bonds is 11. The van der Waals surface area contributed by atoms with E-state index in [0.29, 0.717) is 35.5 Å². The average molecular weight is 591 g/mol. The van der Waals surface area contributed by atoms with Crippen LogP contribution in [0, 0.1) is 0 Å². The summed E-state index contributed by atoms with van der Waals surface area (Å²) in [6, 6.07) is 13.5. The summed E-state index contributed by atoms with van der Waals surface area (Å²) in [6.45, 7) is 3.59. The number of esters is 1. The molecule has 2 amide bonds. The minimum atomic E-state index is -0.875. The number of benzene rings is 2. The van der Waals surface area contributed by atoms with Gasteiger partial charge in [0.15, 0.2) is 5.11 Å². The zero-order valence-electron chi connectivity index (χ0n) is 20.8. The molecule has 37 heavy (non-hydrogen) atoms. The van der Waals surface area contributed by atoms with Crippen molar-refractivity contribution in [1.29, 1.82) is 0 Å². The molecule has 0 bridgehead atoms. The number of unbranched alkanes of at least 4 members (excludes halogenated alkanes) is 3. The molecular weight excluding hydrogens is 558 g/mol. The maximum Gasteiger partial charge on any atom is 0.308 e. The number of halogens is 1. The molecule has 0 spiro atoms. The molecule has 1 fully saturated rings. The number of carbonyl (C=O) groups excluding carboxylic acids is 3. The lowest BCUT2D eigenvalue weighted by Crippen LogP contribution is -2.60. The third-order valence-electron chi connectivity index (χ3n) is 5.86. The Balaban J connectivity index is 1.56. The number of hydrogen-bond donors (Lipinski definition) is 2. The van der Waals surface area contributed by atoms with E-state index in [-0.39, 0.29) is 24.0 Å². The van der Waals surface area contributed by atoms with Crippen molar-refractivity contribution in [1.82, 2.24) is 15.5 Å². The van der Waals surface area contributed by atoms with Gasteiger partial charge in [0, 0.05) is 18.7 Å². The Kier molecular flexibility index (Phi) is 11.3. The molecule has 2 N–H and O–H groups in total. The van der Waals surface area contributed by atoms with Gasteiger partial charge >= 0.3 is 5.97 Å². The Morgan fingerprint density at radius 1 is 1.16 bits per heavy atom. The van der Waals surface area contributed by atoms with Crippen molar-refractivity contribution in [2.24, 2.45) is 0 Å². The number of nitrogens with one attached hydrogen (secondary N) is 2. The monoisotopic (exact) mass is 589 g/mol. The van der Waals surface area contributed by atoms with Crippen molar-refractivity contribution in [2.45, 2.75) is 51.7 Å². The smallest absolute Gasteiger partial charge is 0.308 e. The number of carbonyl (C=O) groups is 3. The lowest BCUT2D eigenvalue weighted by molar-refractivity contribution is -0.148. The fourth-order valence-corrected chi connectivity index (χ4v) is 4.63. The predicted octanol–water partition coefficient (Wildman–Crippen LogP) is 4.36. The van der Waals surface area contributed by atoms with Gasteiger partial charge in [0.2, 0.25) is 5.91 Å². The lowest BCUT2D eigenvalue weighted by atomic mass is 10.1. The van der Waals surface area contributed by atoms with Crippen LogP contribution < -0.4 is 15.4 Å². The van der Waals surface area contributed by atoms with E-state index in [4.69, 9.17) is 21.7 Å². The first-order valence-electron chi connectivity index (χ1n) is 12.4. The fraction of sp³-hybridized carbons (Fsp3) is 0.407. The number of amides is 2. The first-order chi connectivity index (χ1) is 17.9. The first kappa shape index (κ1) is 28.6. The third kappa shape index (κ3) is 8.82. The average Bonchev–Trinajstić information content (AvgIpc) is 2.89. The van der Waals surface area contributed by atoms with Gasteiger partial charge in [0.1, 0.15) is 18.4 Å². The molecule has 2 aromatic carbocycles. The van der Waals surface area contributed by atoms with Gasteiger partial charge in [-0.25, -0.2) is 0 Å². The fourth-order valence-electron chi connectivity index (χ4n) is 3.83. The zero-order valence-corrected chi connectivity index (χ0v) is 23.2. The summed E-state index contributed by atoms with van der Waals surface area (Å²) >= 11 is 8.92. The van der Waals surface area contributed by atoms with Crippen LogP contribution in [0.25, 0.3) is 0 Å². The number of nitrogens with zero attached hydrogens (tertiary/aromatic N) is 1. The Morgan fingerprint density at radius 3 is 2.68 bits per heavy atom. The van der Waals surface area contributed by atoms with Crippen LogP contribution in [0.3, 0.4) is 0 Å². The quantitative estimate of drug-likeness (QED) is 0.228. The van der Waals surface area contributed by atoms with Crippen LogP contribution in [-0.4, -0.2) is 53.5 Å². The van der Waals surface area contributed by atoms with Gasteiger partial charge in [0.05, 0.1) is 17.5 Å². The largest absolute Gasteiger partial charge is 0.492 e. The second kappa shape index (κ2) is 14.7. The van der Waals surface area contributed by atoms with Crippen molar-refractivity contribution >= 4 is 51.0 Å². The van der Waals surface area contributed by atoms with Crippen LogP contribution in [0.5, 0.6) is 5.75 Å². The molecule has 1 saturated heterocycles. The Labute approximate surface area is 231 Å². The molecule has 198 valence electrons. The molecule has 0 radical (unpaired) electrons. The summed E-state index contributed by atoms with van der Waals surface area (Å²) in [6.07, 6.45) is 4.24. The second-order valence-electron chi connectivity index (χ2n) is 8.66. The summed E-state index contributed by atoms with van der Waals surface area (Å²) in [5.74, 6) is -0.629. The maximum atomic E-state index is 12.9. The molecule has 10 heteroatoms. The van der Waals surface area contributed by atoms with Gasteiger partial charge in [-0.1, -0.05) is 56.5 Å². The summed E-state index contributed by atoms with van der Waals surface area (Å²) < 4.78 is 11.8. The van der Waals surface area contributed by atoms with E-state index in [9.17, 15) is 14.4 Å². The number of hydrogen-bond acceptors (Lipinski definition) is 6. The highest BCUT2D eigenvalue weighted by molar-refractivity contribution is 9.10. The van der Waals surface area contributed by atoms with E-state index < -0.39 is 17.9 Å².